The van der Waals surface area contributed by atoms with Gasteiger partial charge in [-0.1, -0.05) is 0 Å². The summed E-state index contributed by atoms with van der Waals surface area (Å²) >= 11 is 0. The van der Waals surface area contributed by atoms with E-state index in [0.717, 1.165) is 0 Å². The van der Waals surface area contributed by atoms with Crippen LogP contribution in [-0.2, 0) is 0 Å². The van der Waals surface area contributed by atoms with Gasteiger partial charge in [-0.2, -0.15) is 29.9 Å². The van der Waals surface area contributed by atoms with E-state index in [2.05, 4.69) is 45.9 Å². The van der Waals surface area contributed by atoms with Gasteiger partial charge in [-0.15, -0.1) is 0 Å². The molecule has 0 aliphatic rings. The molecular formula is C9H18N12O. The first-order valence-electron chi connectivity index (χ1n) is 5.97. The summed E-state index contributed by atoms with van der Waals surface area (Å²) in [6.45, 7) is -0.243. The second-order valence-corrected chi connectivity index (χ2v) is 3.55. The number of aliphatic hydroxyl groups excluding tert-OH is 1. The van der Waals surface area contributed by atoms with E-state index in [0.29, 0.717) is 11.9 Å². The van der Waals surface area contributed by atoms with Gasteiger partial charge in [0.1, 0.15) is 6.73 Å². The number of nitrogen functional groups attached to an aromatic ring is 3. The zero-order chi connectivity index (χ0) is 16.5. The van der Waals surface area contributed by atoms with Gasteiger partial charge < -0.3 is 38.3 Å². The Morgan fingerprint density at radius 2 is 1.14 bits per heavy atom. The highest BCUT2D eigenvalue weighted by Gasteiger charge is 2.00. The molecule has 0 aromatic carbocycles. The SMILES string of the molecule is CNc1nc(N)nc(N)n1.CNc1nc(N)nc(NCO)n1. The van der Waals surface area contributed by atoms with Gasteiger partial charge in [0.05, 0.1) is 0 Å². The summed E-state index contributed by atoms with van der Waals surface area (Å²) in [6, 6.07) is 0. The molecule has 22 heavy (non-hydrogen) atoms. The summed E-state index contributed by atoms with van der Waals surface area (Å²) in [6.07, 6.45) is 0. The van der Waals surface area contributed by atoms with Gasteiger partial charge in [0.25, 0.3) is 0 Å². The molecule has 0 bridgehead atoms. The van der Waals surface area contributed by atoms with Gasteiger partial charge in [0, 0.05) is 14.1 Å². The zero-order valence-electron chi connectivity index (χ0n) is 12.1. The highest BCUT2D eigenvalue weighted by atomic mass is 16.3. The van der Waals surface area contributed by atoms with E-state index in [4.69, 9.17) is 22.3 Å². The number of aliphatic hydroxyl groups is 1. The third-order valence-corrected chi connectivity index (χ3v) is 2.01. The number of anilines is 6. The number of nitrogens with two attached hydrogens (primary N) is 3. The highest BCUT2D eigenvalue weighted by molar-refractivity contribution is 5.39. The van der Waals surface area contributed by atoms with E-state index in [9.17, 15) is 0 Å². The smallest absolute Gasteiger partial charge is 0.231 e. The minimum absolute atomic E-state index is 0.102. The predicted octanol–water partition coefficient (Wildman–Crippen LogP) is -2.07. The van der Waals surface area contributed by atoms with Gasteiger partial charge in [0.2, 0.25) is 35.7 Å². The second-order valence-electron chi connectivity index (χ2n) is 3.55. The Morgan fingerprint density at radius 1 is 0.727 bits per heavy atom. The van der Waals surface area contributed by atoms with Crippen LogP contribution in [0.3, 0.4) is 0 Å². The normalized spacial score (nSPS) is 9.41. The molecule has 0 radical (unpaired) electrons. The van der Waals surface area contributed by atoms with E-state index >= 15 is 0 Å². The third-order valence-electron chi connectivity index (χ3n) is 2.01. The van der Waals surface area contributed by atoms with E-state index in [1.54, 1.807) is 14.1 Å². The Morgan fingerprint density at radius 3 is 1.59 bits per heavy atom. The molecule has 2 rings (SSSR count). The largest absolute Gasteiger partial charge is 0.376 e. The molecule has 10 N–H and O–H groups in total. The first-order chi connectivity index (χ1) is 10.5. The van der Waals surface area contributed by atoms with Crippen LogP contribution >= 0.6 is 0 Å². The minimum atomic E-state index is -0.243. The molecule has 0 fully saturated rings. The summed E-state index contributed by atoms with van der Waals surface area (Å²) in [5, 5.41) is 16.4. The van der Waals surface area contributed by atoms with Crippen LogP contribution in [0.1, 0.15) is 0 Å². The van der Waals surface area contributed by atoms with Crippen molar-refractivity contribution in [3.63, 3.8) is 0 Å². The summed E-state index contributed by atoms with van der Waals surface area (Å²) in [5.41, 5.74) is 15.8. The summed E-state index contributed by atoms with van der Waals surface area (Å²) in [4.78, 5) is 22.3. The molecule has 0 aliphatic carbocycles. The van der Waals surface area contributed by atoms with Crippen molar-refractivity contribution in [3.05, 3.63) is 0 Å². The maximum atomic E-state index is 8.50. The molecule has 0 unspecified atom stereocenters. The number of hydrogen-bond donors (Lipinski definition) is 7. The molecule has 2 heterocycles. The van der Waals surface area contributed by atoms with Gasteiger partial charge in [-0.05, 0) is 0 Å². The van der Waals surface area contributed by atoms with E-state index < -0.39 is 0 Å². The summed E-state index contributed by atoms with van der Waals surface area (Å²) in [5.74, 6) is 1.33. The van der Waals surface area contributed by atoms with Crippen LogP contribution in [0, 0.1) is 0 Å². The van der Waals surface area contributed by atoms with Crippen molar-refractivity contribution in [3.8, 4) is 0 Å². The molecule has 120 valence electrons. The molecule has 2 aromatic rings. The van der Waals surface area contributed by atoms with Crippen molar-refractivity contribution in [2.45, 2.75) is 0 Å². The monoisotopic (exact) mass is 310 g/mol. The van der Waals surface area contributed by atoms with Crippen LogP contribution in [0.25, 0.3) is 0 Å². The molecule has 0 saturated heterocycles. The summed E-state index contributed by atoms with van der Waals surface area (Å²) in [7, 11) is 3.34. The molecule has 13 nitrogen and oxygen atoms in total. The van der Waals surface area contributed by atoms with E-state index in [1.165, 1.54) is 0 Å². The van der Waals surface area contributed by atoms with Gasteiger partial charge in [-0.3, -0.25) is 0 Å². The number of hydrogen-bond acceptors (Lipinski definition) is 13. The molecule has 0 atom stereocenters. The fourth-order valence-corrected chi connectivity index (χ4v) is 1.18. The van der Waals surface area contributed by atoms with Gasteiger partial charge in [-0.25, -0.2) is 0 Å². The van der Waals surface area contributed by atoms with E-state index in [-0.39, 0.29) is 30.5 Å². The standard InChI is InChI=1S/C5H10N6O.C4H8N6/c1-7-4-9-3(6)10-5(11-4)8-2-12;1-7-4-9-2(5)8-3(6)10-4/h12H,2H2,1H3,(H4,6,7,8,9,10,11);1H3,(H5,5,6,7,8,9,10). The second kappa shape index (κ2) is 8.15. The topological polar surface area (TPSA) is 212 Å². The number of nitrogens with zero attached hydrogens (tertiary/aromatic N) is 6. The third kappa shape index (κ3) is 5.41. The quantitative estimate of drug-likeness (QED) is 0.303. The fraction of sp³-hybridized carbons (Fsp3) is 0.333. The zero-order valence-corrected chi connectivity index (χ0v) is 12.1. The Hall–Kier alpha value is -3.22. The van der Waals surface area contributed by atoms with Crippen LogP contribution in [0.2, 0.25) is 0 Å². The molecule has 0 amide bonds. The fourth-order valence-electron chi connectivity index (χ4n) is 1.18. The van der Waals surface area contributed by atoms with Crippen molar-refractivity contribution in [2.24, 2.45) is 0 Å². The summed E-state index contributed by atoms with van der Waals surface area (Å²) < 4.78 is 0. The maximum absolute atomic E-state index is 8.50. The average molecular weight is 310 g/mol. The Balaban J connectivity index is 0.000000224. The molecular weight excluding hydrogens is 292 g/mol. The Labute approximate surface area is 125 Å². The van der Waals surface area contributed by atoms with Crippen LogP contribution in [-0.4, -0.2) is 55.8 Å². The predicted molar refractivity (Wildman–Crippen MR) is 82.7 cm³/mol. The first kappa shape index (κ1) is 16.8. The molecule has 0 aliphatic heterocycles. The Bertz CT molecular complexity index is 585. The Kier molecular flexibility index (Phi) is 6.24. The minimum Gasteiger partial charge on any atom is -0.376 e. The van der Waals surface area contributed by atoms with Crippen molar-refractivity contribution in [1.29, 1.82) is 0 Å². The van der Waals surface area contributed by atoms with Crippen LogP contribution < -0.4 is 33.2 Å². The van der Waals surface area contributed by atoms with Crippen molar-refractivity contribution in [2.75, 3.05) is 54.0 Å². The number of rotatable bonds is 4. The highest BCUT2D eigenvalue weighted by Crippen LogP contribution is 2.04. The molecule has 13 heteroatoms. The lowest BCUT2D eigenvalue weighted by atomic mass is 10.8. The molecule has 2 aromatic heterocycles. The lowest BCUT2D eigenvalue weighted by molar-refractivity contribution is 0.324. The van der Waals surface area contributed by atoms with Gasteiger partial charge >= 0.3 is 0 Å². The average Bonchev–Trinajstić information content (AvgIpc) is 2.46. The van der Waals surface area contributed by atoms with Crippen LogP contribution in [0.15, 0.2) is 0 Å². The molecule has 0 spiro atoms. The molecule has 0 saturated carbocycles. The number of nitrogens with one attached hydrogen (secondary N) is 3. The van der Waals surface area contributed by atoms with Crippen LogP contribution in [0.4, 0.5) is 35.7 Å². The van der Waals surface area contributed by atoms with Crippen molar-refractivity contribution in [1.82, 2.24) is 29.9 Å². The first-order valence-corrected chi connectivity index (χ1v) is 5.97. The lowest BCUT2D eigenvalue weighted by Crippen LogP contribution is -2.09. The van der Waals surface area contributed by atoms with Crippen molar-refractivity contribution < 1.29 is 5.11 Å². The van der Waals surface area contributed by atoms with Crippen LogP contribution in [0.5, 0.6) is 0 Å². The maximum Gasteiger partial charge on any atom is 0.231 e. The van der Waals surface area contributed by atoms with Gasteiger partial charge in [0.15, 0.2) is 0 Å². The van der Waals surface area contributed by atoms with Crippen molar-refractivity contribution >= 4 is 35.7 Å². The van der Waals surface area contributed by atoms with E-state index in [1.807, 2.05) is 0 Å². The number of aromatic nitrogens is 6. The lowest BCUT2D eigenvalue weighted by Gasteiger charge is -2.03.